The molecule has 3 nitrogen and oxygen atoms in total. The molecule has 0 aliphatic carbocycles. The molecular formula is C13H18F3NO2S. The highest BCUT2D eigenvalue weighted by Crippen LogP contribution is 2.30. The summed E-state index contributed by atoms with van der Waals surface area (Å²) in [7, 11) is -5.26. The Bertz CT molecular complexity index is 522. The van der Waals surface area contributed by atoms with Gasteiger partial charge in [-0.15, -0.1) is 0 Å². The van der Waals surface area contributed by atoms with Gasteiger partial charge in [-0.1, -0.05) is 13.8 Å². The average Bonchev–Trinajstić information content (AvgIpc) is 2.33. The van der Waals surface area contributed by atoms with Crippen molar-refractivity contribution in [1.82, 2.24) is 0 Å². The third-order valence-electron chi connectivity index (χ3n) is 2.76. The largest absolute Gasteiger partial charge is 0.501 e. The first-order valence-corrected chi connectivity index (χ1v) is 7.78. The summed E-state index contributed by atoms with van der Waals surface area (Å²) in [5, 5.41) is 3.04. The molecule has 0 saturated heterocycles. The van der Waals surface area contributed by atoms with Crippen molar-refractivity contribution < 1.29 is 21.6 Å². The van der Waals surface area contributed by atoms with Crippen LogP contribution in [0.25, 0.3) is 0 Å². The molecule has 0 heterocycles. The number of alkyl halides is 3. The van der Waals surface area contributed by atoms with Gasteiger partial charge in [0.15, 0.2) is 0 Å². The van der Waals surface area contributed by atoms with Crippen LogP contribution in [0.2, 0.25) is 0 Å². The van der Waals surface area contributed by atoms with Crippen molar-refractivity contribution in [3.05, 3.63) is 24.3 Å². The first-order chi connectivity index (χ1) is 9.14. The second-order valence-corrected chi connectivity index (χ2v) is 6.88. The molecule has 1 aromatic rings. The Balaban J connectivity index is 2.66. The van der Waals surface area contributed by atoms with Gasteiger partial charge in [0.05, 0.1) is 4.90 Å². The molecule has 7 heteroatoms. The number of halogens is 3. The summed E-state index contributed by atoms with van der Waals surface area (Å²) >= 11 is 0. The summed E-state index contributed by atoms with van der Waals surface area (Å²) in [6.45, 7) is 4.91. The van der Waals surface area contributed by atoms with E-state index >= 15 is 0 Å². The maximum absolute atomic E-state index is 12.3. The van der Waals surface area contributed by atoms with E-state index in [1.165, 1.54) is 12.1 Å². The third kappa shape index (κ3) is 4.40. The van der Waals surface area contributed by atoms with E-state index in [9.17, 15) is 21.6 Å². The molecule has 0 spiro atoms. The molecule has 0 saturated carbocycles. The zero-order valence-corrected chi connectivity index (χ0v) is 12.2. The molecule has 20 heavy (non-hydrogen) atoms. The summed E-state index contributed by atoms with van der Waals surface area (Å²) in [5.41, 5.74) is -4.66. The van der Waals surface area contributed by atoms with Gasteiger partial charge in [-0.05, 0) is 43.0 Å². The lowest BCUT2D eigenvalue weighted by Crippen LogP contribution is -2.23. The third-order valence-corrected chi connectivity index (χ3v) is 4.26. The van der Waals surface area contributed by atoms with Gasteiger partial charge in [0.25, 0.3) is 9.84 Å². The van der Waals surface area contributed by atoms with Gasteiger partial charge in [0, 0.05) is 12.2 Å². The van der Waals surface area contributed by atoms with Gasteiger partial charge in [0.2, 0.25) is 0 Å². The number of hydrogen-bond donors (Lipinski definition) is 1. The predicted molar refractivity (Wildman–Crippen MR) is 72.2 cm³/mol. The maximum Gasteiger partial charge on any atom is 0.501 e. The van der Waals surface area contributed by atoms with Crippen molar-refractivity contribution >= 4 is 15.5 Å². The molecule has 0 aromatic heterocycles. The molecule has 0 aliphatic rings. The fraction of sp³-hybridized carbons (Fsp3) is 0.538. The van der Waals surface area contributed by atoms with Gasteiger partial charge < -0.3 is 5.32 Å². The highest BCUT2D eigenvalue weighted by atomic mass is 32.2. The molecule has 1 N–H and O–H groups in total. The molecule has 0 atom stereocenters. The Morgan fingerprint density at radius 3 is 2.15 bits per heavy atom. The summed E-state index contributed by atoms with van der Waals surface area (Å²) < 4.78 is 59.3. The lowest BCUT2D eigenvalue weighted by molar-refractivity contribution is -0.0436. The standard InChI is InChI=1S/C13H18F3NO2S/c1-10(2)4-3-9-17-11-5-7-12(8-6-11)20(18,19)13(14,15)16/h5-8,10,17H,3-4,9H2,1-2H3. The van der Waals surface area contributed by atoms with E-state index in [1.54, 1.807) is 0 Å². The minimum absolute atomic E-state index is 0.594. The molecule has 0 unspecified atom stereocenters. The van der Waals surface area contributed by atoms with Crippen LogP contribution < -0.4 is 5.32 Å². The van der Waals surface area contributed by atoms with E-state index < -0.39 is 20.2 Å². The highest BCUT2D eigenvalue weighted by Gasteiger charge is 2.46. The quantitative estimate of drug-likeness (QED) is 0.812. The molecule has 1 aromatic carbocycles. The SMILES string of the molecule is CC(C)CCCNc1ccc(S(=O)(=O)C(F)(F)F)cc1. The highest BCUT2D eigenvalue weighted by molar-refractivity contribution is 7.92. The van der Waals surface area contributed by atoms with Gasteiger partial charge in [-0.3, -0.25) is 0 Å². The van der Waals surface area contributed by atoms with E-state index in [0.717, 1.165) is 25.0 Å². The smallest absolute Gasteiger partial charge is 0.385 e. The van der Waals surface area contributed by atoms with Crippen LogP contribution in [0.3, 0.4) is 0 Å². The summed E-state index contributed by atoms with van der Waals surface area (Å²) in [4.78, 5) is -0.738. The molecule has 0 amide bonds. The van der Waals surface area contributed by atoms with Crippen molar-refractivity contribution in [2.75, 3.05) is 11.9 Å². The molecule has 0 bridgehead atoms. The Morgan fingerprint density at radius 2 is 1.70 bits per heavy atom. The van der Waals surface area contributed by atoms with E-state index in [1.807, 2.05) is 0 Å². The Kier molecular flexibility index (Phi) is 5.44. The number of rotatable bonds is 6. The van der Waals surface area contributed by atoms with Gasteiger partial charge in [-0.25, -0.2) is 8.42 Å². The van der Waals surface area contributed by atoms with Crippen LogP contribution in [0.1, 0.15) is 26.7 Å². The van der Waals surface area contributed by atoms with E-state index in [4.69, 9.17) is 0 Å². The number of anilines is 1. The Morgan fingerprint density at radius 1 is 1.15 bits per heavy atom. The molecule has 0 fully saturated rings. The van der Waals surface area contributed by atoms with E-state index in [2.05, 4.69) is 19.2 Å². The van der Waals surface area contributed by atoms with Crippen molar-refractivity contribution in [2.45, 2.75) is 37.1 Å². The van der Waals surface area contributed by atoms with Crippen LogP contribution in [0.4, 0.5) is 18.9 Å². The van der Waals surface area contributed by atoms with E-state index in [-0.39, 0.29) is 0 Å². The summed E-state index contributed by atoms with van der Waals surface area (Å²) in [5.74, 6) is 0.594. The molecule has 114 valence electrons. The fourth-order valence-corrected chi connectivity index (χ4v) is 2.39. The first-order valence-electron chi connectivity index (χ1n) is 6.30. The first kappa shape index (κ1) is 16.8. The zero-order valence-electron chi connectivity index (χ0n) is 11.4. The van der Waals surface area contributed by atoms with Crippen molar-refractivity contribution in [3.8, 4) is 0 Å². The number of hydrogen-bond acceptors (Lipinski definition) is 3. The normalized spacial score (nSPS) is 12.7. The maximum atomic E-state index is 12.3. The number of benzene rings is 1. The Labute approximate surface area is 117 Å². The molecule has 1 rings (SSSR count). The zero-order chi connectivity index (χ0) is 15.4. The minimum Gasteiger partial charge on any atom is -0.385 e. The number of sulfone groups is 1. The van der Waals surface area contributed by atoms with Crippen LogP contribution in [0.15, 0.2) is 29.2 Å². The van der Waals surface area contributed by atoms with Crippen LogP contribution in [-0.4, -0.2) is 20.5 Å². The second-order valence-electron chi connectivity index (χ2n) is 4.94. The number of nitrogens with one attached hydrogen (secondary N) is 1. The summed E-state index contributed by atoms with van der Waals surface area (Å²) in [6, 6.07) is 4.61. The predicted octanol–water partition coefficient (Wildman–Crippen LogP) is 3.83. The second kappa shape index (κ2) is 6.47. The van der Waals surface area contributed by atoms with Gasteiger partial charge in [-0.2, -0.15) is 13.2 Å². The van der Waals surface area contributed by atoms with Crippen LogP contribution in [-0.2, 0) is 9.84 Å². The van der Waals surface area contributed by atoms with Crippen LogP contribution >= 0.6 is 0 Å². The molecule has 0 aliphatic heterocycles. The molecule has 0 radical (unpaired) electrons. The van der Waals surface area contributed by atoms with Gasteiger partial charge >= 0.3 is 5.51 Å². The van der Waals surface area contributed by atoms with Crippen molar-refractivity contribution in [2.24, 2.45) is 5.92 Å². The average molecular weight is 309 g/mol. The fourth-order valence-electron chi connectivity index (χ4n) is 1.63. The lowest BCUT2D eigenvalue weighted by Gasteiger charge is -2.10. The summed E-state index contributed by atoms with van der Waals surface area (Å²) in [6.07, 6.45) is 1.99. The monoisotopic (exact) mass is 309 g/mol. The lowest BCUT2D eigenvalue weighted by atomic mass is 10.1. The molecular weight excluding hydrogens is 291 g/mol. The Hall–Kier alpha value is -1.24. The van der Waals surface area contributed by atoms with Crippen molar-refractivity contribution in [1.29, 1.82) is 0 Å². The van der Waals surface area contributed by atoms with Crippen LogP contribution in [0, 0.1) is 5.92 Å². The van der Waals surface area contributed by atoms with Gasteiger partial charge in [0.1, 0.15) is 0 Å². The topological polar surface area (TPSA) is 46.2 Å². The minimum atomic E-state index is -5.26. The van der Waals surface area contributed by atoms with Crippen LogP contribution in [0.5, 0.6) is 0 Å². The van der Waals surface area contributed by atoms with E-state index in [0.29, 0.717) is 18.2 Å². The van der Waals surface area contributed by atoms with Crippen molar-refractivity contribution in [3.63, 3.8) is 0 Å².